The first-order valence-electron chi connectivity index (χ1n) is 12.4. The maximum atomic E-state index is 13.2. The maximum Gasteiger partial charge on any atom is 0.272 e. The smallest absolute Gasteiger partial charge is 0.272 e. The Labute approximate surface area is 232 Å². The van der Waals surface area contributed by atoms with Gasteiger partial charge in [-0.05, 0) is 73.0 Å². The molecule has 39 heavy (non-hydrogen) atoms. The van der Waals surface area contributed by atoms with Crippen molar-refractivity contribution in [2.24, 2.45) is 0 Å². The Bertz CT molecular complexity index is 1460. The molecular formula is C32H29N3O3S. The van der Waals surface area contributed by atoms with Crippen LogP contribution in [0.5, 0.6) is 0 Å². The molecule has 6 nitrogen and oxygen atoms in total. The maximum absolute atomic E-state index is 13.2. The molecule has 0 spiro atoms. The summed E-state index contributed by atoms with van der Waals surface area (Å²) in [6.07, 6.45) is 1.63. The number of para-hydroxylation sites is 1. The first-order chi connectivity index (χ1) is 18.9. The summed E-state index contributed by atoms with van der Waals surface area (Å²) in [5.74, 6) is -0.649. The number of carbonyl (C=O) groups is 3. The van der Waals surface area contributed by atoms with Crippen molar-refractivity contribution >= 4 is 46.9 Å². The van der Waals surface area contributed by atoms with Crippen LogP contribution < -0.4 is 16.0 Å². The Balaban J connectivity index is 1.39. The molecule has 0 aliphatic rings. The molecule has 0 radical (unpaired) electrons. The molecule has 0 atom stereocenters. The van der Waals surface area contributed by atoms with E-state index in [0.29, 0.717) is 11.3 Å². The quantitative estimate of drug-likeness (QED) is 0.170. The van der Waals surface area contributed by atoms with Gasteiger partial charge in [-0.25, -0.2) is 0 Å². The molecule has 3 amide bonds. The molecule has 0 saturated carbocycles. The zero-order chi connectivity index (χ0) is 27.6. The topological polar surface area (TPSA) is 87.3 Å². The Morgan fingerprint density at radius 2 is 1.33 bits per heavy atom. The molecule has 7 heteroatoms. The Morgan fingerprint density at radius 1 is 0.718 bits per heavy atom. The van der Waals surface area contributed by atoms with Crippen molar-refractivity contribution in [2.45, 2.75) is 18.7 Å². The van der Waals surface area contributed by atoms with Crippen LogP contribution >= 0.6 is 11.8 Å². The first kappa shape index (κ1) is 27.4. The van der Waals surface area contributed by atoms with Crippen LogP contribution in [0.1, 0.15) is 27.0 Å². The number of thioether (sulfide) groups is 1. The monoisotopic (exact) mass is 535 g/mol. The largest absolute Gasteiger partial charge is 0.325 e. The zero-order valence-electron chi connectivity index (χ0n) is 21.7. The summed E-state index contributed by atoms with van der Waals surface area (Å²) < 4.78 is 0. The highest BCUT2D eigenvalue weighted by atomic mass is 32.2. The van der Waals surface area contributed by atoms with E-state index in [2.05, 4.69) is 16.0 Å². The molecule has 0 aromatic heterocycles. The highest BCUT2D eigenvalue weighted by Gasteiger charge is 2.15. The van der Waals surface area contributed by atoms with E-state index in [-0.39, 0.29) is 23.3 Å². The molecule has 0 unspecified atom stereocenters. The van der Waals surface area contributed by atoms with Gasteiger partial charge in [0.25, 0.3) is 11.8 Å². The first-order valence-corrected chi connectivity index (χ1v) is 13.4. The number of benzene rings is 4. The lowest BCUT2D eigenvalue weighted by Gasteiger charge is -2.12. The summed E-state index contributed by atoms with van der Waals surface area (Å²) in [6, 6.07) is 31.2. The van der Waals surface area contributed by atoms with Gasteiger partial charge in [0.2, 0.25) is 5.91 Å². The summed E-state index contributed by atoms with van der Waals surface area (Å²) in [6.45, 7) is 3.94. The van der Waals surface area contributed by atoms with Crippen molar-refractivity contribution < 1.29 is 14.4 Å². The summed E-state index contributed by atoms with van der Waals surface area (Å²) in [5.41, 5.74) is 4.81. The average Bonchev–Trinajstić information content (AvgIpc) is 2.95. The van der Waals surface area contributed by atoms with Crippen LogP contribution in [0, 0.1) is 13.8 Å². The lowest BCUT2D eigenvalue weighted by molar-refractivity contribution is -0.114. The van der Waals surface area contributed by atoms with Gasteiger partial charge in [-0.1, -0.05) is 66.7 Å². The van der Waals surface area contributed by atoms with Crippen LogP contribution in [-0.4, -0.2) is 23.5 Å². The van der Waals surface area contributed by atoms with E-state index in [0.717, 1.165) is 27.3 Å². The highest BCUT2D eigenvalue weighted by molar-refractivity contribution is 8.00. The Kier molecular flexibility index (Phi) is 9.32. The second kappa shape index (κ2) is 13.3. The van der Waals surface area contributed by atoms with Crippen LogP contribution in [0.25, 0.3) is 6.08 Å². The molecule has 4 aromatic carbocycles. The minimum absolute atomic E-state index is 0.0837. The van der Waals surface area contributed by atoms with Crippen LogP contribution in [0.4, 0.5) is 11.4 Å². The van der Waals surface area contributed by atoms with Gasteiger partial charge < -0.3 is 16.0 Å². The lowest BCUT2D eigenvalue weighted by Crippen LogP contribution is -2.30. The third-order valence-electron chi connectivity index (χ3n) is 5.87. The van der Waals surface area contributed by atoms with E-state index in [9.17, 15) is 14.4 Å². The predicted molar refractivity (Wildman–Crippen MR) is 159 cm³/mol. The number of amides is 3. The fourth-order valence-electron chi connectivity index (χ4n) is 3.83. The number of nitrogens with one attached hydrogen (secondary N) is 3. The Hall–Kier alpha value is -4.62. The molecule has 196 valence electrons. The van der Waals surface area contributed by atoms with Crippen molar-refractivity contribution in [2.75, 3.05) is 16.4 Å². The van der Waals surface area contributed by atoms with E-state index in [4.69, 9.17) is 0 Å². The van der Waals surface area contributed by atoms with Gasteiger partial charge in [0.05, 0.1) is 5.75 Å². The lowest BCUT2D eigenvalue weighted by atomic mass is 10.1. The molecule has 4 aromatic rings. The van der Waals surface area contributed by atoms with Gasteiger partial charge in [-0.3, -0.25) is 14.4 Å². The van der Waals surface area contributed by atoms with Gasteiger partial charge >= 0.3 is 0 Å². The van der Waals surface area contributed by atoms with Crippen LogP contribution in [0.2, 0.25) is 0 Å². The molecule has 0 heterocycles. The number of hydrogen-bond acceptors (Lipinski definition) is 4. The Morgan fingerprint density at radius 3 is 1.97 bits per heavy atom. The fraction of sp³-hybridized carbons (Fsp3) is 0.0938. The zero-order valence-corrected chi connectivity index (χ0v) is 22.5. The number of rotatable bonds is 9. The van der Waals surface area contributed by atoms with Gasteiger partial charge in [0.1, 0.15) is 5.70 Å². The van der Waals surface area contributed by atoms with Crippen molar-refractivity contribution in [1.29, 1.82) is 0 Å². The van der Waals surface area contributed by atoms with Gasteiger partial charge in [0, 0.05) is 21.8 Å². The average molecular weight is 536 g/mol. The number of carbonyl (C=O) groups excluding carboxylic acids is 3. The normalized spacial score (nSPS) is 11.0. The predicted octanol–water partition coefficient (Wildman–Crippen LogP) is 6.44. The van der Waals surface area contributed by atoms with Crippen molar-refractivity contribution in [3.63, 3.8) is 0 Å². The van der Waals surface area contributed by atoms with Gasteiger partial charge in [-0.2, -0.15) is 0 Å². The van der Waals surface area contributed by atoms with Crippen LogP contribution in [0.15, 0.2) is 114 Å². The number of anilines is 2. The molecule has 4 rings (SSSR count). The third kappa shape index (κ3) is 7.93. The number of aryl methyl sites for hydroxylation is 2. The SMILES string of the molecule is Cc1cccc(C)c1NC(=O)CSc1ccc(NC(=O)/C(=C/c2ccccc2)NC(=O)c2ccccc2)cc1. The van der Waals surface area contributed by atoms with E-state index in [1.807, 2.05) is 80.6 Å². The minimum Gasteiger partial charge on any atom is -0.325 e. The molecule has 0 aliphatic carbocycles. The third-order valence-corrected chi connectivity index (χ3v) is 6.88. The summed E-state index contributed by atoms with van der Waals surface area (Å²) in [4.78, 5) is 39.3. The minimum atomic E-state index is -0.448. The van der Waals surface area contributed by atoms with E-state index >= 15 is 0 Å². The van der Waals surface area contributed by atoms with E-state index in [1.54, 1.807) is 42.5 Å². The van der Waals surface area contributed by atoms with E-state index < -0.39 is 5.91 Å². The molecule has 0 bridgehead atoms. The van der Waals surface area contributed by atoms with Crippen LogP contribution in [-0.2, 0) is 9.59 Å². The summed E-state index contributed by atoms with van der Waals surface area (Å²) in [7, 11) is 0. The molecular weight excluding hydrogens is 506 g/mol. The second-order valence-electron chi connectivity index (χ2n) is 8.87. The molecule has 0 fully saturated rings. The van der Waals surface area contributed by atoms with Crippen molar-refractivity contribution in [3.05, 3.63) is 131 Å². The summed E-state index contributed by atoms with van der Waals surface area (Å²) in [5, 5.41) is 8.57. The summed E-state index contributed by atoms with van der Waals surface area (Å²) >= 11 is 1.41. The second-order valence-corrected chi connectivity index (χ2v) is 9.92. The van der Waals surface area contributed by atoms with Crippen molar-refractivity contribution in [1.82, 2.24) is 5.32 Å². The van der Waals surface area contributed by atoms with Gasteiger partial charge in [-0.15, -0.1) is 11.8 Å². The molecule has 0 saturated heterocycles. The standard InChI is InChI=1S/C32H29N3O3S/c1-22-10-9-11-23(2)30(22)35-29(36)21-39-27-18-16-26(17-19-27)33-32(38)28(20-24-12-5-3-6-13-24)34-31(37)25-14-7-4-8-15-25/h3-20H,21H2,1-2H3,(H,33,38)(H,34,37)(H,35,36)/b28-20-. The van der Waals surface area contributed by atoms with Crippen molar-refractivity contribution in [3.8, 4) is 0 Å². The van der Waals surface area contributed by atoms with E-state index in [1.165, 1.54) is 11.8 Å². The molecule has 0 aliphatic heterocycles. The molecule has 3 N–H and O–H groups in total. The van der Waals surface area contributed by atoms with Gasteiger partial charge in [0.15, 0.2) is 0 Å². The van der Waals surface area contributed by atoms with Crippen LogP contribution in [0.3, 0.4) is 0 Å². The highest BCUT2D eigenvalue weighted by Crippen LogP contribution is 2.23. The number of hydrogen-bond donors (Lipinski definition) is 3. The fourth-order valence-corrected chi connectivity index (χ4v) is 4.53.